The van der Waals surface area contributed by atoms with Crippen LogP contribution in [-0.2, 0) is 14.2 Å². The third kappa shape index (κ3) is 5.91. The van der Waals surface area contributed by atoms with Gasteiger partial charge in [0.15, 0.2) is 23.6 Å². The number of hydrogen-bond donors (Lipinski definition) is 8. The number of hydrogen-bond acceptors (Lipinski definition) is 14. The van der Waals surface area contributed by atoms with Crippen molar-refractivity contribution in [1.82, 2.24) is 0 Å². The zero-order chi connectivity index (χ0) is 29.6. The maximum absolute atomic E-state index is 12.8. The van der Waals surface area contributed by atoms with Crippen molar-refractivity contribution in [3.63, 3.8) is 0 Å². The van der Waals surface area contributed by atoms with Crippen molar-refractivity contribution in [3.05, 3.63) is 41.5 Å². The Balaban J connectivity index is 1.27. The van der Waals surface area contributed by atoms with E-state index in [1.807, 2.05) is 0 Å². The van der Waals surface area contributed by atoms with E-state index in [0.29, 0.717) is 5.56 Å². The normalized spacial score (nSPS) is 35.4. The number of phenols is 3. The molecule has 3 heterocycles. The number of rotatable bonds is 6. The van der Waals surface area contributed by atoms with Crippen molar-refractivity contribution in [1.29, 1.82) is 0 Å². The van der Waals surface area contributed by atoms with Gasteiger partial charge in [0, 0.05) is 18.6 Å². The fraction of sp³-hybridized carbons (Fsp3) is 0.519. The number of aliphatic hydroxyl groups excluding tert-OH is 5. The first-order valence-corrected chi connectivity index (χ1v) is 13.0. The van der Waals surface area contributed by atoms with Crippen molar-refractivity contribution in [2.45, 2.75) is 81.2 Å². The van der Waals surface area contributed by atoms with Gasteiger partial charge in [-0.2, -0.15) is 0 Å². The highest BCUT2D eigenvalue weighted by molar-refractivity contribution is 6.02. The van der Waals surface area contributed by atoms with Crippen LogP contribution in [0.1, 0.15) is 41.8 Å². The molecule has 0 radical (unpaired) electrons. The van der Waals surface area contributed by atoms with Crippen molar-refractivity contribution < 1.29 is 69.3 Å². The number of Topliss-reactive ketones (excluding diaryl/α,β-unsaturated/α-hetero) is 1. The van der Waals surface area contributed by atoms with Gasteiger partial charge >= 0.3 is 0 Å². The van der Waals surface area contributed by atoms with Gasteiger partial charge < -0.3 is 64.5 Å². The van der Waals surface area contributed by atoms with Gasteiger partial charge in [-0.05, 0) is 24.6 Å². The highest BCUT2D eigenvalue weighted by Gasteiger charge is 2.44. The van der Waals surface area contributed by atoms with Gasteiger partial charge in [0.1, 0.15) is 59.4 Å². The molecule has 0 spiro atoms. The maximum atomic E-state index is 12.8. The van der Waals surface area contributed by atoms with Crippen LogP contribution in [0.4, 0.5) is 0 Å². The smallest absolute Gasteiger partial charge is 0.202 e. The Hall–Kier alpha value is -3.21. The fourth-order valence-electron chi connectivity index (χ4n) is 5.03. The van der Waals surface area contributed by atoms with E-state index >= 15 is 0 Å². The lowest BCUT2D eigenvalue weighted by Gasteiger charge is -2.41. The number of phenolic OH excluding ortho intramolecular Hbond substituents is 3. The summed E-state index contributed by atoms with van der Waals surface area (Å²) in [4.78, 5) is 12.8. The second kappa shape index (κ2) is 11.6. The fourth-order valence-corrected chi connectivity index (χ4v) is 5.03. The molecular weight excluding hydrogens is 548 g/mol. The van der Waals surface area contributed by atoms with Crippen LogP contribution in [-0.4, -0.2) is 109 Å². The summed E-state index contributed by atoms with van der Waals surface area (Å²) in [6, 6.07) is 6.55. The predicted molar refractivity (Wildman–Crippen MR) is 134 cm³/mol. The second-order valence-electron chi connectivity index (χ2n) is 10.3. The van der Waals surface area contributed by atoms with Crippen LogP contribution < -0.4 is 9.47 Å². The molecule has 2 aromatic rings. The van der Waals surface area contributed by atoms with E-state index in [1.165, 1.54) is 37.3 Å². The molecule has 3 aliphatic rings. The van der Waals surface area contributed by atoms with Crippen molar-refractivity contribution >= 4 is 5.78 Å². The molecule has 10 atom stereocenters. The van der Waals surface area contributed by atoms with Gasteiger partial charge in [-0.1, -0.05) is 6.07 Å². The zero-order valence-corrected chi connectivity index (χ0v) is 21.8. The van der Waals surface area contributed by atoms with Crippen molar-refractivity contribution in [2.24, 2.45) is 0 Å². The summed E-state index contributed by atoms with van der Waals surface area (Å²) in [5.41, 5.74) is 0.361. The summed E-state index contributed by atoms with van der Waals surface area (Å²) in [6.07, 6.45) is -12.7. The number of fused-ring (bicyclic) bond motifs is 1. The Labute approximate surface area is 233 Å². The first kappa shape index (κ1) is 29.3. The van der Waals surface area contributed by atoms with Crippen LogP contribution in [0.25, 0.3) is 0 Å². The van der Waals surface area contributed by atoms with E-state index in [-0.39, 0.29) is 48.0 Å². The lowest BCUT2D eigenvalue weighted by molar-refractivity contribution is -0.309. The van der Waals surface area contributed by atoms with Crippen LogP contribution in [0.5, 0.6) is 28.7 Å². The van der Waals surface area contributed by atoms with E-state index in [2.05, 4.69) is 0 Å². The summed E-state index contributed by atoms with van der Waals surface area (Å²) < 4.78 is 28.3. The minimum Gasteiger partial charge on any atom is -0.507 e. The average molecular weight is 581 g/mol. The monoisotopic (exact) mass is 580 g/mol. The highest BCUT2D eigenvalue weighted by atomic mass is 16.7. The quantitative estimate of drug-likeness (QED) is 0.203. The van der Waals surface area contributed by atoms with Crippen LogP contribution in [0.2, 0.25) is 0 Å². The van der Waals surface area contributed by atoms with Gasteiger partial charge in [0.05, 0.1) is 25.2 Å². The number of carbonyl (C=O) groups excluding carboxylic acids is 1. The number of ether oxygens (including phenoxy) is 5. The molecule has 0 aliphatic carbocycles. The summed E-state index contributed by atoms with van der Waals surface area (Å²) in [5.74, 6) is -1.52. The Kier molecular flexibility index (Phi) is 8.27. The largest absolute Gasteiger partial charge is 0.507 e. The molecule has 224 valence electrons. The second-order valence-corrected chi connectivity index (χ2v) is 10.3. The van der Waals surface area contributed by atoms with E-state index in [0.717, 1.165) is 0 Å². The Morgan fingerprint density at radius 1 is 0.878 bits per heavy atom. The third-order valence-electron chi connectivity index (χ3n) is 7.38. The first-order chi connectivity index (χ1) is 19.4. The maximum Gasteiger partial charge on any atom is 0.202 e. The summed E-state index contributed by atoms with van der Waals surface area (Å²) in [7, 11) is 0. The Bertz CT molecular complexity index is 1270. The summed E-state index contributed by atoms with van der Waals surface area (Å²) >= 11 is 0. The molecule has 0 saturated carbocycles. The topological polar surface area (TPSA) is 225 Å². The number of benzene rings is 2. The summed E-state index contributed by atoms with van der Waals surface area (Å²) in [6.45, 7) is 1.10. The molecule has 2 aromatic carbocycles. The minimum atomic E-state index is -1.57. The molecule has 2 saturated heterocycles. The molecule has 3 aliphatic heterocycles. The lowest BCUT2D eigenvalue weighted by Crippen LogP contribution is -2.58. The number of aromatic hydroxyl groups is 3. The van der Waals surface area contributed by atoms with Gasteiger partial charge in [0.2, 0.25) is 6.29 Å². The minimum absolute atomic E-state index is 0.00314. The van der Waals surface area contributed by atoms with Gasteiger partial charge in [-0.15, -0.1) is 0 Å². The van der Waals surface area contributed by atoms with Crippen LogP contribution in [0.15, 0.2) is 30.3 Å². The number of ketones is 1. The summed E-state index contributed by atoms with van der Waals surface area (Å²) in [5, 5.41) is 80.8. The molecule has 2 fully saturated rings. The molecule has 0 amide bonds. The molecule has 14 heteroatoms. The van der Waals surface area contributed by atoms with Gasteiger partial charge in [-0.25, -0.2) is 0 Å². The van der Waals surface area contributed by atoms with Gasteiger partial charge in [-0.3, -0.25) is 4.79 Å². The van der Waals surface area contributed by atoms with E-state index in [4.69, 9.17) is 23.7 Å². The molecule has 14 nitrogen and oxygen atoms in total. The van der Waals surface area contributed by atoms with E-state index < -0.39 is 72.9 Å². The molecule has 0 bridgehead atoms. The van der Waals surface area contributed by atoms with Crippen LogP contribution in [0.3, 0.4) is 0 Å². The van der Waals surface area contributed by atoms with Crippen LogP contribution >= 0.6 is 0 Å². The molecule has 8 N–H and O–H groups in total. The molecule has 0 aromatic heterocycles. The molecule has 41 heavy (non-hydrogen) atoms. The standard InChI is InChI=1S/C27H32O14/c1-10-23(33)25(35)26(36)27(38-10)37-9-20-24(34)17(32)8-21(41-20)39-12-5-15(30)22-16(31)7-18(40-19(22)6-12)11-2-3-13(28)14(29)4-11/h2-6,10,17-18,20-21,23-30,32-36H,7-9H2,1H3/t10-,17+,18-,20-,21-,23+,24+,25-,26-,27-/m1/s1. The van der Waals surface area contributed by atoms with E-state index in [1.54, 1.807) is 0 Å². The average Bonchev–Trinajstić information content (AvgIpc) is 2.92. The molecule has 5 rings (SSSR count). The SMILES string of the molecule is C[C@H]1O[C@@H](OC[C@H]2O[C@@H](Oc3cc(O)c4c(c3)O[C@@H](c3ccc(O)c(O)c3)CC4=O)C[C@H](O)[C@@H]2O)[C@H](O)[C@H](O)[C@H]1O. The Morgan fingerprint density at radius 3 is 2.37 bits per heavy atom. The lowest BCUT2D eigenvalue weighted by atomic mass is 9.95. The predicted octanol–water partition coefficient (Wildman–Crippen LogP) is -0.430. The third-order valence-corrected chi connectivity index (χ3v) is 7.38. The van der Waals surface area contributed by atoms with E-state index in [9.17, 15) is 45.6 Å². The number of aliphatic hydroxyl groups is 5. The van der Waals surface area contributed by atoms with Crippen molar-refractivity contribution in [2.75, 3.05) is 6.61 Å². The van der Waals surface area contributed by atoms with Crippen LogP contribution in [0, 0.1) is 0 Å². The molecular formula is C27H32O14. The Morgan fingerprint density at radius 2 is 1.63 bits per heavy atom. The highest BCUT2D eigenvalue weighted by Crippen LogP contribution is 2.43. The van der Waals surface area contributed by atoms with Gasteiger partial charge in [0.25, 0.3) is 0 Å². The molecule has 0 unspecified atom stereocenters. The van der Waals surface area contributed by atoms with Crippen molar-refractivity contribution in [3.8, 4) is 28.7 Å². The number of carbonyl (C=O) groups is 1. The zero-order valence-electron chi connectivity index (χ0n) is 21.8. The first-order valence-electron chi connectivity index (χ1n) is 13.0.